The van der Waals surface area contributed by atoms with Gasteiger partial charge in [0.25, 0.3) is 0 Å². The number of carbonyl (C=O) groups excluding carboxylic acids is 1. The average molecular weight is 280 g/mol. The summed E-state index contributed by atoms with van der Waals surface area (Å²) in [5.74, 6) is 0. The molecule has 21 heavy (non-hydrogen) atoms. The molecule has 3 rings (SSSR count). The van der Waals surface area contributed by atoms with Gasteiger partial charge in [0.05, 0.1) is 17.4 Å². The van der Waals surface area contributed by atoms with Gasteiger partial charge < -0.3 is 0 Å². The van der Waals surface area contributed by atoms with Crippen molar-refractivity contribution in [1.29, 1.82) is 0 Å². The summed E-state index contributed by atoms with van der Waals surface area (Å²) in [6.45, 7) is 4.05. The van der Waals surface area contributed by atoms with Crippen LogP contribution in [0.5, 0.6) is 0 Å². The lowest BCUT2D eigenvalue weighted by molar-refractivity contribution is 0.112. The average Bonchev–Trinajstić information content (AvgIpc) is 3.14. The van der Waals surface area contributed by atoms with Gasteiger partial charge >= 0.3 is 0 Å². The van der Waals surface area contributed by atoms with Gasteiger partial charge in [0, 0.05) is 24.0 Å². The van der Waals surface area contributed by atoms with Gasteiger partial charge in [-0.2, -0.15) is 10.2 Å². The SMILES string of the molecule is CC(C)n1cc(C=O)c(-c2cnn(-c3ccccc3)c2)n1. The van der Waals surface area contributed by atoms with Crippen molar-refractivity contribution in [3.63, 3.8) is 0 Å². The van der Waals surface area contributed by atoms with Crippen LogP contribution in [0.1, 0.15) is 30.2 Å². The van der Waals surface area contributed by atoms with Crippen molar-refractivity contribution < 1.29 is 4.79 Å². The molecule has 0 saturated heterocycles. The molecule has 0 N–H and O–H groups in total. The van der Waals surface area contributed by atoms with Gasteiger partial charge in [-0.05, 0) is 26.0 Å². The van der Waals surface area contributed by atoms with E-state index in [2.05, 4.69) is 10.2 Å². The topological polar surface area (TPSA) is 52.7 Å². The maximum absolute atomic E-state index is 11.2. The second-order valence-corrected chi connectivity index (χ2v) is 5.13. The van der Waals surface area contributed by atoms with Crippen LogP contribution in [0.2, 0.25) is 0 Å². The van der Waals surface area contributed by atoms with E-state index >= 15 is 0 Å². The lowest BCUT2D eigenvalue weighted by atomic mass is 10.2. The number of rotatable bonds is 4. The van der Waals surface area contributed by atoms with E-state index in [1.807, 2.05) is 50.4 Å². The minimum atomic E-state index is 0.210. The van der Waals surface area contributed by atoms with Crippen molar-refractivity contribution in [3.05, 3.63) is 54.5 Å². The Balaban J connectivity index is 2.02. The standard InChI is InChI=1S/C16H16N4O/c1-12(2)19-10-14(11-21)16(18-19)13-8-17-20(9-13)15-6-4-3-5-7-15/h3-12H,1-2H3. The van der Waals surface area contributed by atoms with Crippen LogP contribution in [0.4, 0.5) is 0 Å². The van der Waals surface area contributed by atoms with Crippen molar-refractivity contribution in [2.75, 3.05) is 0 Å². The maximum Gasteiger partial charge on any atom is 0.153 e. The van der Waals surface area contributed by atoms with Crippen LogP contribution >= 0.6 is 0 Å². The largest absolute Gasteiger partial charge is 0.298 e. The lowest BCUT2D eigenvalue weighted by Gasteiger charge is -2.03. The predicted molar refractivity (Wildman–Crippen MR) is 80.6 cm³/mol. The summed E-state index contributed by atoms with van der Waals surface area (Å²) in [5, 5.41) is 8.83. The van der Waals surface area contributed by atoms with Gasteiger partial charge in [-0.25, -0.2) is 4.68 Å². The van der Waals surface area contributed by atoms with E-state index in [9.17, 15) is 4.79 Å². The Labute approximate surface area is 122 Å². The van der Waals surface area contributed by atoms with E-state index in [1.165, 1.54) is 0 Å². The highest BCUT2D eigenvalue weighted by atomic mass is 16.1. The van der Waals surface area contributed by atoms with Crippen LogP contribution in [0.15, 0.2) is 48.9 Å². The van der Waals surface area contributed by atoms with E-state index < -0.39 is 0 Å². The normalized spacial score (nSPS) is 11.0. The molecule has 2 heterocycles. The first kappa shape index (κ1) is 13.3. The molecular weight excluding hydrogens is 264 g/mol. The summed E-state index contributed by atoms with van der Waals surface area (Å²) in [4.78, 5) is 11.2. The Morgan fingerprint density at radius 2 is 1.90 bits per heavy atom. The molecule has 106 valence electrons. The summed E-state index contributed by atoms with van der Waals surface area (Å²) in [7, 11) is 0. The van der Waals surface area contributed by atoms with Crippen LogP contribution < -0.4 is 0 Å². The summed E-state index contributed by atoms with van der Waals surface area (Å²) in [5.41, 5.74) is 3.05. The second kappa shape index (κ2) is 5.36. The van der Waals surface area contributed by atoms with E-state index in [0.717, 1.165) is 17.5 Å². The van der Waals surface area contributed by atoms with Crippen LogP contribution in [-0.2, 0) is 0 Å². The minimum absolute atomic E-state index is 0.210. The third kappa shape index (κ3) is 2.50. The first-order valence-corrected chi connectivity index (χ1v) is 6.84. The zero-order valence-corrected chi connectivity index (χ0v) is 12.0. The summed E-state index contributed by atoms with van der Waals surface area (Å²) in [6, 6.07) is 10.0. The van der Waals surface area contributed by atoms with Gasteiger partial charge in [-0.1, -0.05) is 18.2 Å². The fourth-order valence-electron chi connectivity index (χ4n) is 2.15. The maximum atomic E-state index is 11.2. The van der Waals surface area contributed by atoms with Crippen LogP contribution in [0.3, 0.4) is 0 Å². The predicted octanol–water partition coefficient (Wildman–Crippen LogP) is 3.13. The van der Waals surface area contributed by atoms with Gasteiger partial charge in [0.15, 0.2) is 6.29 Å². The van der Waals surface area contributed by atoms with Crippen molar-refractivity contribution in [2.24, 2.45) is 0 Å². The summed E-state index contributed by atoms with van der Waals surface area (Å²) < 4.78 is 3.57. The number of hydrogen-bond acceptors (Lipinski definition) is 3. The van der Waals surface area contributed by atoms with Gasteiger partial charge in [0.1, 0.15) is 5.69 Å². The molecular formula is C16H16N4O. The molecule has 3 aromatic rings. The number of nitrogens with zero attached hydrogens (tertiary/aromatic N) is 4. The highest BCUT2D eigenvalue weighted by Gasteiger charge is 2.14. The first-order valence-electron chi connectivity index (χ1n) is 6.84. The fraction of sp³-hybridized carbons (Fsp3) is 0.188. The van der Waals surface area contributed by atoms with E-state index in [1.54, 1.807) is 21.8 Å². The number of benzene rings is 1. The molecule has 0 aliphatic rings. The zero-order valence-electron chi connectivity index (χ0n) is 12.0. The highest BCUT2D eigenvalue weighted by molar-refractivity contribution is 5.85. The van der Waals surface area contributed by atoms with Crippen LogP contribution in [0.25, 0.3) is 16.9 Å². The first-order chi connectivity index (χ1) is 10.2. The summed E-state index contributed by atoms with van der Waals surface area (Å²) >= 11 is 0. The molecule has 0 fully saturated rings. The van der Waals surface area contributed by atoms with Crippen molar-refractivity contribution >= 4 is 6.29 Å². The lowest BCUT2D eigenvalue weighted by Crippen LogP contribution is -2.00. The number of aromatic nitrogens is 4. The molecule has 1 aromatic carbocycles. The van der Waals surface area contributed by atoms with Gasteiger partial charge in [-0.3, -0.25) is 9.48 Å². The Kier molecular flexibility index (Phi) is 3.39. The molecule has 0 saturated carbocycles. The Morgan fingerprint density at radius 3 is 2.57 bits per heavy atom. The fourth-order valence-corrected chi connectivity index (χ4v) is 2.15. The molecule has 0 bridgehead atoms. The molecule has 0 unspecified atom stereocenters. The minimum Gasteiger partial charge on any atom is -0.298 e. The third-order valence-corrected chi connectivity index (χ3v) is 3.29. The highest BCUT2D eigenvalue weighted by Crippen LogP contribution is 2.23. The van der Waals surface area contributed by atoms with Crippen LogP contribution in [-0.4, -0.2) is 25.8 Å². The molecule has 0 amide bonds. The molecule has 0 spiro atoms. The van der Waals surface area contributed by atoms with Crippen molar-refractivity contribution in [1.82, 2.24) is 19.6 Å². The van der Waals surface area contributed by atoms with Crippen molar-refractivity contribution in [3.8, 4) is 16.9 Å². The smallest absolute Gasteiger partial charge is 0.153 e. The van der Waals surface area contributed by atoms with Gasteiger partial charge in [0.2, 0.25) is 0 Å². The zero-order chi connectivity index (χ0) is 14.8. The summed E-state index contributed by atoms with van der Waals surface area (Å²) in [6.07, 6.45) is 6.22. The quantitative estimate of drug-likeness (QED) is 0.690. The van der Waals surface area contributed by atoms with E-state index in [-0.39, 0.29) is 6.04 Å². The molecule has 0 atom stereocenters. The molecule has 5 heteroatoms. The Morgan fingerprint density at radius 1 is 1.14 bits per heavy atom. The second-order valence-electron chi connectivity index (χ2n) is 5.13. The number of hydrogen-bond donors (Lipinski definition) is 0. The van der Waals surface area contributed by atoms with E-state index in [4.69, 9.17) is 0 Å². The van der Waals surface area contributed by atoms with E-state index in [0.29, 0.717) is 11.3 Å². The number of para-hydroxylation sites is 1. The number of carbonyl (C=O) groups is 1. The molecule has 0 aliphatic heterocycles. The monoisotopic (exact) mass is 280 g/mol. The molecule has 5 nitrogen and oxygen atoms in total. The number of aldehydes is 1. The van der Waals surface area contributed by atoms with Gasteiger partial charge in [-0.15, -0.1) is 0 Å². The molecule has 0 radical (unpaired) electrons. The molecule has 2 aromatic heterocycles. The molecule has 0 aliphatic carbocycles. The Bertz CT molecular complexity index is 756. The Hall–Kier alpha value is -2.69. The third-order valence-electron chi connectivity index (χ3n) is 3.29. The van der Waals surface area contributed by atoms with Crippen molar-refractivity contribution in [2.45, 2.75) is 19.9 Å². The van der Waals surface area contributed by atoms with Crippen LogP contribution in [0, 0.1) is 0 Å².